The maximum absolute atomic E-state index is 13.2. The Balaban J connectivity index is 2.49. The number of nitrogens with one attached hydrogen (secondary N) is 1. The zero-order chi connectivity index (χ0) is 14.0. The number of hydrogen-bond acceptors (Lipinski definition) is 4. The number of hydrazine groups is 1. The summed E-state index contributed by atoms with van der Waals surface area (Å²) in [5.74, 6) is 5.71. The van der Waals surface area contributed by atoms with Gasteiger partial charge in [-0.1, -0.05) is 17.7 Å². The molecule has 2 aromatic rings. The third-order valence-corrected chi connectivity index (χ3v) is 3.18. The lowest BCUT2D eigenvalue weighted by molar-refractivity contribution is 0.401. The molecule has 1 atom stereocenters. The Morgan fingerprint density at radius 2 is 2.26 bits per heavy atom. The second-order valence-corrected chi connectivity index (χ2v) is 4.40. The van der Waals surface area contributed by atoms with E-state index in [-0.39, 0.29) is 5.02 Å². The quantitative estimate of drug-likeness (QED) is 0.663. The van der Waals surface area contributed by atoms with Gasteiger partial charge < -0.3 is 4.74 Å². The second-order valence-electron chi connectivity index (χ2n) is 4.00. The van der Waals surface area contributed by atoms with Gasteiger partial charge in [-0.3, -0.25) is 10.5 Å². The monoisotopic (exact) mass is 284 g/mol. The molecular weight excluding hydrogens is 271 g/mol. The topological polar surface area (TPSA) is 65.1 Å². The third-order valence-electron chi connectivity index (χ3n) is 2.89. The first kappa shape index (κ1) is 13.8. The van der Waals surface area contributed by atoms with E-state index in [1.807, 2.05) is 0 Å². The predicted octanol–water partition coefficient (Wildman–Crippen LogP) is 1.77. The van der Waals surface area contributed by atoms with E-state index in [9.17, 15) is 4.39 Å². The van der Waals surface area contributed by atoms with Crippen molar-refractivity contribution in [2.24, 2.45) is 12.9 Å². The van der Waals surface area contributed by atoms with Crippen LogP contribution in [-0.2, 0) is 7.05 Å². The average molecular weight is 285 g/mol. The number of methoxy groups -OCH3 is 1. The van der Waals surface area contributed by atoms with Crippen molar-refractivity contribution in [2.45, 2.75) is 6.04 Å². The highest BCUT2D eigenvalue weighted by molar-refractivity contribution is 6.30. The lowest BCUT2D eigenvalue weighted by Crippen LogP contribution is -2.30. The molecule has 1 aromatic heterocycles. The summed E-state index contributed by atoms with van der Waals surface area (Å²) >= 11 is 5.79. The molecule has 0 spiro atoms. The summed E-state index contributed by atoms with van der Waals surface area (Å²) in [7, 11) is 3.32. The van der Waals surface area contributed by atoms with Crippen molar-refractivity contribution in [3.8, 4) is 5.75 Å². The van der Waals surface area contributed by atoms with Gasteiger partial charge in [0, 0.05) is 7.05 Å². The number of nitrogens with zero attached hydrogens (tertiary/aromatic N) is 2. The van der Waals surface area contributed by atoms with Gasteiger partial charge in [0.25, 0.3) is 0 Å². The first-order chi connectivity index (χ1) is 9.08. The van der Waals surface area contributed by atoms with Gasteiger partial charge in [-0.15, -0.1) is 0 Å². The van der Waals surface area contributed by atoms with E-state index in [4.69, 9.17) is 22.2 Å². The van der Waals surface area contributed by atoms with Gasteiger partial charge in [0.1, 0.15) is 11.5 Å². The van der Waals surface area contributed by atoms with Crippen molar-refractivity contribution in [3.63, 3.8) is 0 Å². The first-order valence-electron chi connectivity index (χ1n) is 5.55. The molecule has 0 aliphatic carbocycles. The molecule has 1 unspecified atom stereocenters. The Kier molecular flexibility index (Phi) is 4.04. The highest BCUT2D eigenvalue weighted by Crippen LogP contribution is 2.30. The molecule has 0 aliphatic heterocycles. The van der Waals surface area contributed by atoms with Crippen molar-refractivity contribution in [1.29, 1.82) is 0 Å². The molecule has 102 valence electrons. The molecular formula is C12H14ClFN4O. The van der Waals surface area contributed by atoms with Crippen LogP contribution in [-0.4, -0.2) is 16.9 Å². The van der Waals surface area contributed by atoms with Gasteiger partial charge in [-0.25, -0.2) is 9.82 Å². The maximum Gasteiger partial charge on any atom is 0.161 e. The van der Waals surface area contributed by atoms with E-state index in [2.05, 4.69) is 10.5 Å². The van der Waals surface area contributed by atoms with Gasteiger partial charge in [0.15, 0.2) is 5.75 Å². The lowest BCUT2D eigenvalue weighted by Gasteiger charge is -2.18. The van der Waals surface area contributed by atoms with E-state index >= 15 is 0 Å². The third kappa shape index (κ3) is 2.56. The Hall–Kier alpha value is -1.63. The molecule has 19 heavy (non-hydrogen) atoms. The number of hydrogen-bond donors (Lipinski definition) is 2. The van der Waals surface area contributed by atoms with E-state index in [1.54, 1.807) is 31.1 Å². The number of aromatic nitrogens is 2. The highest BCUT2D eigenvalue weighted by Gasteiger charge is 2.22. The van der Waals surface area contributed by atoms with Gasteiger partial charge >= 0.3 is 0 Å². The summed E-state index contributed by atoms with van der Waals surface area (Å²) in [6.07, 6.45) is 1.59. The smallest absolute Gasteiger partial charge is 0.161 e. The Morgan fingerprint density at radius 3 is 2.84 bits per heavy atom. The minimum absolute atomic E-state index is 0.0406. The zero-order valence-corrected chi connectivity index (χ0v) is 11.3. The first-order valence-corrected chi connectivity index (χ1v) is 5.93. The minimum atomic E-state index is -0.474. The number of ether oxygens (including phenoxy) is 1. The molecule has 0 radical (unpaired) electrons. The Morgan fingerprint density at radius 1 is 1.53 bits per heavy atom. The number of rotatable bonds is 4. The molecule has 0 bridgehead atoms. The van der Waals surface area contributed by atoms with Crippen LogP contribution in [0.25, 0.3) is 0 Å². The van der Waals surface area contributed by atoms with Crippen molar-refractivity contribution in [2.75, 3.05) is 7.11 Å². The van der Waals surface area contributed by atoms with Crippen LogP contribution in [0.2, 0.25) is 5.02 Å². The number of nitrogens with two attached hydrogens (primary N) is 1. The number of aryl methyl sites for hydroxylation is 1. The van der Waals surface area contributed by atoms with Crippen molar-refractivity contribution < 1.29 is 9.13 Å². The van der Waals surface area contributed by atoms with Crippen LogP contribution < -0.4 is 16.0 Å². The molecule has 2 rings (SSSR count). The molecule has 7 heteroatoms. The zero-order valence-electron chi connectivity index (χ0n) is 10.5. The van der Waals surface area contributed by atoms with Crippen LogP contribution in [0.3, 0.4) is 0 Å². The van der Waals surface area contributed by atoms with Gasteiger partial charge in [-0.05, 0) is 17.7 Å². The fourth-order valence-electron chi connectivity index (χ4n) is 1.94. The average Bonchev–Trinajstić information content (AvgIpc) is 2.76. The molecule has 1 heterocycles. The molecule has 0 amide bonds. The normalized spacial score (nSPS) is 12.5. The Labute approximate surface area is 115 Å². The summed E-state index contributed by atoms with van der Waals surface area (Å²) in [5.41, 5.74) is 4.11. The van der Waals surface area contributed by atoms with Crippen LogP contribution in [0.5, 0.6) is 5.75 Å². The summed E-state index contributed by atoms with van der Waals surface area (Å²) in [6.45, 7) is 0. The summed E-state index contributed by atoms with van der Waals surface area (Å²) in [6, 6.07) is 4.03. The second kappa shape index (κ2) is 5.56. The summed E-state index contributed by atoms with van der Waals surface area (Å²) in [4.78, 5) is 0. The SMILES string of the molecule is COc1cnn(C)c1C(NN)c1ccc(F)c(Cl)c1. The van der Waals surface area contributed by atoms with Crippen LogP contribution in [0, 0.1) is 5.82 Å². The van der Waals surface area contributed by atoms with Crippen LogP contribution >= 0.6 is 11.6 Å². The fourth-order valence-corrected chi connectivity index (χ4v) is 2.13. The van der Waals surface area contributed by atoms with Gasteiger partial charge in [0.2, 0.25) is 0 Å². The molecule has 3 N–H and O–H groups in total. The van der Waals surface area contributed by atoms with E-state index in [0.29, 0.717) is 5.75 Å². The van der Waals surface area contributed by atoms with Crippen molar-refractivity contribution in [3.05, 3.63) is 46.5 Å². The predicted molar refractivity (Wildman–Crippen MR) is 70.3 cm³/mol. The lowest BCUT2D eigenvalue weighted by atomic mass is 10.0. The molecule has 5 nitrogen and oxygen atoms in total. The molecule has 1 aromatic carbocycles. The van der Waals surface area contributed by atoms with E-state index < -0.39 is 11.9 Å². The van der Waals surface area contributed by atoms with Crippen LogP contribution in [0.4, 0.5) is 4.39 Å². The number of benzene rings is 1. The summed E-state index contributed by atoms with van der Waals surface area (Å²) in [5, 5.41) is 4.15. The fraction of sp³-hybridized carbons (Fsp3) is 0.250. The van der Waals surface area contributed by atoms with Crippen molar-refractivity contribution >= 4 is 11.6 Å². The molecule has 0 saturated carbocycles. The summed E-state index contributed by atoms with van der Waals surface area (Å²) < 4.78 is 20.1. The van der Waals surface area contributed by atoms with Gasteiger partial charge in [0.05, 0.1) is 24.4 Å². The Bertz CT molecular complexity index is 587. The maximum atomic E-state index is 13.2. The molecule has 0 fully saturated rings. The standard InChI is InChI=1S/C12H14ClFN4O/c1-18-12(10(19-2)6-16-18)11(17-15)7-3-4-9(14)8(13)5-7/h3-6,11,17H,15H2,1-2H3. The largest absolute Gasteiger partial charge is 0.493 e. The molecule has 0 aliphatic rings. The van der Waals surface area contributed by atoms with Crippen LogP contribution in [0.1, 0.15) is 17.3 Å². The van der Waals surface area contributed by atoms with Crippen molar-refractivity contribution in [1.82, 2.24) is 15.2 Å². The molecule has 0 saturated heterocycles. The van der Waals surface area contributed by atoms with Gasteiger partial charge in [-0.2, -0.15) is 5.10 Å². The van der Waals surface area contributed by atoms with E-state index in [0.717, 1.165) is 11.3 Å². The van der Waals surface area contributed by atoms with E-state index in [1.165, 1.54) is 12.1 Å². The minimum Gasteiger partial charge on any atom is -0.493 e. The van der Waals surface area contributed by atoms with Crippen LogP contribution in [0.15, 0.2) is 24.4 Å². The number of halogens is 2. The highest BCUT2D eigenvalue weighted by atomic mass is 35.5.